The molecule has 0 aromatic carbocycles. The molecule has 1 saturated carbocycles. The number of rotatable bonds is 3. The van der Waals surface area contributed by atoms with Gasteiger partial charge in [-0.3, -0.25) is 10.1 Å². The first-order chi connectivity index (χ1) is 9.24. The topological polar surface area (TPSA) is 58.6 Å². The summed E-state index contributed by atoms with van der Waals surface area (Å²) >= 11 is 0. The average molecular weight is 282 g/mol. The van der Waals surface area contributed by atoms with Crippen LogP contribution >= 0.6 is 0 Å². The van der Waals surface area contributed by atoms with E-state index in [-0.39, 0.29) is 17.5 Å². The molecule has 0 aromatic rings. The molecule has 1 aliphatic carbocycles. The van der Waals surface area contributed by atoms with E-state index < -0.39 is 5.54 Å². The predicted molar refractivity (Wildman–Crippen MR) is 76.3 cm³/mol. The molecule has 2 rings (SSSR count). The molecule has 0 atom stereocenters. The van der Waals surface area contributed by atoms with Crippen LogP contribution in [0.2, 0.25) is 0 Å². The molecule has 5 nitrogen and oxygen atoms in total. The first-order valence-electron chi connectivity index (χ1n) is 7.52. The highest BCUT2D eigenvalue weighted by Crippen LogP contribution is 2.39. The minimum atomic E-state index is -0.620. The van der Waals surface area contributed by atoms with Gasteiger partial charge in [0.25, 0.3) is 5.91 Å². The number of amides is 3. The van der Waals surface area contributed by atoms with Crippen molar-refractivity contribution >= 4 is 11.9 Å². The zero-order valence-electron chi connectivity index (χ0n) is 13.0. The SMILES string of the molecule is CC1CCC2(CC1)C(=O)NC(=O)N2CCOC(C)(C)C. The Balaban J connectivity index is 2.04. The number of urea groups is 1. The molecule has 2 fully saturated rings. The van der Waals surface area contributed by atoms with Gasteiger partial charge in [-0.25, -0.2) is 4.79 Å². The van der Waals surface area contributed by atoms with Gasteiger partial charge < -0.3 is 9.64 Å². The van der Waals surface area contributed by atoms with Crippen molar-refractivity contribution in [3.05, 3.63) is 0 Å². The van der Waals surface area contributed by atoms with E-state index in [9.17, 15) is 9.59 Å². The fourth-order valence-electron chi connectivity index (χ4n) is 3.09. The fourth-order valence-corrected chi connectivity index (χ4v) is 3.09. The molecule has 1 aliphatic heterocycles. The second-order valence-electron chi connectivity index (χ2n) is 7.09. The molecule has 5 heteroatoms. The van der Waals surface area contributed by atoms with Gasteiger partial charge in [-0.15, -0.1) is 0 Å². The Morgan fingerprint density at radius 1 is 1.30 bits per heavy atom. The standard InChI is InChI=1S/C15H26N2O3/c1-11-5-7-15(8-6-11)12(18)16-13(19)17(15)9-10-20-14(2,3)4/h11H,5-10H2,1-4H3,(H,16,18,19). The normalized spacial score (nSPS) is 31.0. The molecule has 1 saturated heterocycles. The van der Waals surface area contributed by atoms with Crippen molar-refractivity contribution in [3.63, 3.8) is 0 Å². The molecule has 1 spiro atoms. The summed E-state index contributed by atoms with van der Waals surface area (Å²) < 4.78 is 5.70. The van der Waals surface area contributed by atoms with Crippen molar-refractivity contribution in [2.45, 2.75) is 64.5 Å². The molecule has 0 bridgehead atoms. The van der Waals surface area contributed by atoms with Gasteiger partial charge in [-0.1, -0.05) is 6.92 Å². The van der Waals surface area contributed by atoms with Crippen molar-refractivity contribution in [1.82, 2.24) is 10.2 Å². The minimum absolute atomic E-state index is 0.120. The smallest absolute Gasteiger partial charge is 0.325 e. The molecule has 1 N–H and O–H groups in total. The molecule has 0 radical (unpaired) electrons. The summed E-state index contributed by atoms with van der Waals surface area (Å²) in [6, 6.07) is -0.262. The van der Waals surface area contributed by atoms with Crippen molar-refractivity contribution in [1.29, 1.82) is 0 Å². The Hall–Kier alpha value is -1.10. The lowest BCUT2D eigenvalue weighted by molar-refractivity contribution is -0.129. The third-order valence-corrected chi connectivity index (χ3v) is 4.36. The van der Waals surface area contributed by atoms with E-state index in [1.165, 1.54) is 0 Å². The van der Waals surface area contributed by atoms with E-state index in [1.54, 1.807) is 4.90 Å². The molecule has 1 heterocycles. The highest BCUT2D eigenvalue weighted by Gasteiger charge is 2.53. The number of imide groups is 1. The molecule has 20 heavy (non-hydrogen) atoms. The summed E-state index contributed by atoms with van der Waals surface area (Å²) in [6.07, 6.45) is 3.52. The average Bonchev–Trinajstić information content (AvgIpc) is 2.55. The maximum absolute atomic E-state index is 12.2. The van der Waals surface area contributed by atoms with E-state index in [1.807, 2.05) is 20.8 Å². The van der Waals surface area contributed by atoms with E-state index in [4.69, 9.17) is 4.74 Å². The number of hydrogen-bond donors (Lipinski definition) is 1. The van der Waals surface area contributed by atoms with Gasteiger partial charge >= 0.3 is 6.03 Å². The molecule has 2 aliphatic rings. The summed E-state index contributed by atoms with van der Waals surface area (Å²) in [5.41, 5.74) is -0.848. The second kappa shape index (κ2) is 5.35. The van der Waals surface area contributed by atoms with Crippen LogP contribution in [0.5, 0.6) is 0 Å². The van der Waals surface area contributed by atoms with E-state index in [0.717, 1.165) is 25.7 Å². The second-order valence-corrected chi connectivity index (χ2v) is 7.09. The Kier molecular flexibility index (Phi) is 4.09. The van der Waals surface area contributed by atoms with E-state index in [2.05, 4.69) is 12.2 Å². The van der Waals surface area contributed by atoms with Crippen LogP contribution in [0.25, 0.3) is 0 Å². The summed E-state index contributed by atoms with van der Waals surface area (Å²) in [4.78, 5) is 26.0. The zero-order valence-corrected chi connectivity index (χ0v) is 13.0. The maximum Gasteiger partial charge on any atom is 0.325 e. The van der Waals surface area contributed by atoms with Crippen LogP contribution in [0.4, 0.5) is 4.79 Å². The van der Waals surface area contributed by atoms with Gasteiger partial charge in [0.15, 0.2) is 0 Å². The Morgan fingerprint density at radius 2 is 1.90 bits per heavy atom. The molecule has 0 aromatic heterocycles. The van der Waals surface area contributed by atoms with Gasteiger partial charge in [0, 0.05) is 6.54 Å². The lowest BCUT2D eigenvalue weighted by Crippen LogP contribution is -2.53. The van der Waals surface area contributed by atoms with Gasteiger partial charge in [-0.05, 0) is 52.4 Å². The predicted octanol–water partition coefficient (Wildman–Crippen LogP) is 2.30. The maximum atomic E-state index is 12.2. The van der Waals surface area contributed by atoms with Gasteiger partial charge in [0.1, 0.15) is 5.54 Å². The summed E-state index contributed by atoms with van der Waals surface area (Å²) in [7, 11) is 0. The molecular formula is C15H26N2O3. The fraction of sp³-hybridized carbons (Fsp3) is 0.867. The van der Waals surface area contributed by atoms with Gasteiger partial charge in [0.2, 0.25) is 0 Å². The van der Waals surface area contributed by atoms with Crippen molar-refractivity contribution in [3.8, 4) is 0 Å². The molecule has 114 valence electrons. The van der Waals surface area contributed by atoms with Crippen molar-refractivity contribution < 1.29 is 14.3 Å². The lowest BCUT2D eigenvalue weighted by atomic mass is 9.76. The summed E-state index contributed by atoms with van der Waals surface area (Å²) in [5, 5.41) is 2.48. The van der Waals surface area contributed by atoms with Crippen LogP contribution in [-0.2, 0) is 9.53 Å². The monoisotopic (exact) mass is 282 g/mol. The van der Waals surface area contributed by atoms with Crippen molar-refractivity contribution in [2.24, 2.45) is 5.92 Å². The Bertz CT molecular complexity index is 392. The molecule has 0 unspecified atom stereocenters. The van der Waals surface area contributed by atoms with Crippen LogP contribution in [0.15, 0.2) is 0 Å². The molecular weight excluding hydrogens is 256 g/mol. The van der Waals surface area contributed by atoms with Crippen LogP contribution in [-0.4, -0.2) is 41.1 Å². The summed E-state index contributed by atoms with van der Waals surface area (Å²) in [5.74, 6) is 0.516. The number of ether oxygens (including phenoxy) is 1. The third-order valence-electron chi connectivity index (χ3n) is 4.36. The van der Waals surface area contributed by atoms with Crippen LogP contribution in [0, 0.1) is 5.92 Å². The van der Waals surface area contributed by atoms with Crippen LogP contribution in [0.1, 0.15) is 53.4 Å². The number of hydrogen-bond acceptors (Lipinski definition) is 3. The van der Waals surface area contributed by atoms with Crippen molar-refractivity contribution in [2.75, 3.05) is 13.2 Å². The third kappa shape index (κ3) is 2.97. The quantitative estimate of drug-likeness (QED) is 0.808. The Labute approximate surface area is 121 Å². The minimum Gasteiger partial charge on any atom is -0.374 e. The highest BCUT2D eigenvalue weighted by atomic mass is 16.5. The van der Waals surface area contributed by atoms with Crippen LogP contribution in [0.3, 0.4) is 0 Å². The van der Waals surface area contributed by atoms with E-state index >= 15 is 0 Å². The first-order valence-corrected chi connectivity index (χ1v) is 7.52. The van der Waals surface area contributed by atoms with E-state index in [0.29, 0.717) is 19.1 Å². The largest absolute Gasteiger partial charge is 0.374 e. The number of nitrogens with one attached hydrogen (secondary N) is 1. The number of carbonyl (C=O) groups is 2. The zero-order chi connectivity index (χ0) is 15.0. The summed E-state index contributed by atoms with van der Waals surface area (Å²) in [6.45, 7) is 9.10. The van der Waals surface area contributed by atoms with Crippen LogP contribution < -0.4 is 5.32 Å². The first kappa shape index (κ1) is 15.3. The van der Waals surface area contributed by atoms with Gasteiger partial charge in [0.05, 0.1) is 12.2 Å². The number of carbonyl (C=O) groups excluding carboxylic acids is 2. The lowest BCUT2D eigenvalue weighted by Gasteiger charge is -2.40. The Morgan fingerprint density at radius 3 is 2.45 bits per heavy atom. The number of nitrogens with zero attached hydrogens (tertiary/aromatic N) is 1. The van der Waals surface area contributed by atoms with Gasteiger partial charge in [-0.2, -0.15) is 0 Å². The molecule has 3 amide bonds. The highest BCUT2D eigenvalue weighted by molar-refractivity contribution is 6.07.